The first kappa shape index (κ1) is 13.4. The van der Waals surface area contributed by atoms with Crippen molar-refractivity contribution in [3.05, 3.63) is 47.0 Å². The molecule has 5 nitrogen and oxygen atoms in total. The molecule has 2 rings (SSSR count). The molecular weight excluding hydrogens is 268 g/mol. The summed E-state index contributed by atoms with van der Waals surface area (Å²) in [5, 5.41) is 9.28. The van der Waals surface area contributed by atoms with Crippen molar-refractivity contribution in [3.8, 4) is 5.75 Å². The maximum absolute atomic E-state index is 10.6. The minimum atomic E-state index is -0.868. The van der Waals surface area contributed by atoms with E-state index in [1.807, 2.05) is 0 Å². The first-order chi connectivity index (χ1) is 9.06. The van der Waals surface area contributed by atoms with Crippen LogP contribution < -0.4 is 4.74 Å². The van der Waals surface area contributed by atoms with E-state index in [1.54, 1.807) is 42.1 Å². The number of carbonyl (C=O) groups is 1. The summed E-state index contributed by atoms with van der Waals surface area (Å²) in [5.41, 5.74) is 0.697. The van der Waals surface area contributed by atoms with Gasteiger partial charge in [0, 0.05) is 7.05 Å². The highest BCUT2D eigenvalue weighted by atomic mass is 35.5. The lowest BCUT2D eigenvalue weighted by Crippen LogP contribution is -2.04. The van der Waals surface area contributed by atoms with Crippen molar-refractivity contribution in [2.45, 2.75) is 13.0 Å². The highest BCUT2D eigenvalue weighted by Gasteiger charge is 2.06. The Morgan fingerprint density at radius 1 is 1.53 bits per heavy atom. The lowest BCUT2D eigenvalue weighted by molar-refractivity contribution is -0.136. The van der Waals surface area contributed by atoms with Gasteiger partial charge < -0.3 is 14.4 Å². The topological polar surface area (TPSA) is 64.4 Å². The predicted octanol–water partition coefficient (Wildman–Crippen LogP) is 2.28. The fourth-order valence-corrected chi connectivity index (χ4v) is 1.77. The van der Waals surface area contributed by atoms with E-state index in [4.69, 9.17) is 21.4 Å². The lowest BCUT2D eigenvalue weighted by atomic mass is 10.1. The van der Waals surface area contributed by atoms with Gasteiger partial charge in [-0.2, -0.15) is 0 Å². The molecule has 0 amide bonds. The SMILES string of the molecule is Cn1c(Cl)cnc1COc1cccc(CC(=O)O)c1. The van der Waals surface area contributed by atoms with Gasteiger partial charge in [-0.25, -0.2) is 4.98 Å². The fraction of sp³-hybridized carbons (Fsp3) is 0.231. The fourth-order valence-electron chi connectivity index (χ4n) is 1.63. The second-order valence-electron chi connectivity index (χ2n) is 4.06. The zero-order chi connectivity index (χ0) is 13.8. The molecule has 2 aromatic rings. The highest BCUT2D eigenvalue weighted by molar-refractivity contribution is 6.29. The van der Waals surface area contributed by atoms with Gasteiger partial charge in [-0.1, -0.05) is 23.7 Å². The normalized spacial score (nSPS) is 10.4. The highest BCUT2D eigenvalue weighted by Crippen LogP contribution is 2.16. The lowest BCUT2D eigenvalue weighted by Gasteiger charge is -2.07. The Morgan fingerprint density at radius 2 is 2.32 bits per heavy atom. The summed E-state index contributed by atoms with van der Waals surface area (Å²) in [6.07, 6.45) is 1.53. The Labute approximate surface area is 115 Å². The monoisotopic (exact) mass is 280 g/mol. The van der Waals surface area contributed by atoms with Gasteiger partial charge in [-0.3, -0.25) is 4.79 Å². The Kier molecular flexibility index (Phi) is 4.06. The first-order valence-corrected chi connectivity index (χ1v) is 6.03. The molecule has 1 aromatic heterocycles. The number of aromatic nitrogens is 2. The molecule has 0 radical (unpaired) electrons. The van der Waals surface area contributed by atoms with Crippen LogP contribution in [0, 0.1) is 0 Å². The Morgan fingerprint density at radius 3 is 2.95 bits per heavy atom. The zero-order valence-electron chi connectivity index (χ0n) is 10.3. The first-order valence-electron chi connectivity index (χ1n) is 5.66. The maximum atomic E-state index is 10.6. The van der Waals surface area contributed by atoms with Crippen LogP contribution in [0.4, 0.5) is 0 Å². The van der Waals surface area contributed by atoms with Crippen LogP contribution in [0.3, 0.4) is 0 Å². The van der Waals surface area contributed by atoms with Crippen LogP contribution in [0.1, 0.15) is 11.4 Å². The average molecular weight is 281 g/mol. The molecule has 0 saturated heterocycles. The van der Waals surface area contributed by atoms with Crippen LogP contribution in [0.5, 0.6) is 5.75 Å². The number of nitrogens with zero attached hydrogens (tertiary/aromatic N) is 2. The third-order valence-electron chi connectivity index (χ3n) is 2.65. The average Bonchev–Trinajstić information content (AvgIpc) is 2.67. The van der Waals surface area contributed by atoms with Crippen molar-refractivity contribution < 1.29 is 14.6 Å². The molecule has 6 heteroatoms. The number of ether oxygens (including phenoxy) is 1. The van der Waals surface area contributed by atoms with E-state index in [0.717, 1.165) is 0 Å². The number of aliphatic carboxylic acids is 1. The molecule has 0 aliphatic rings. The number of hydrogen-bond donors (Lipinski definition) is 1. The molecule has 0 aliphatic heterocycles. The maximum Gasteiger partial charge on any atom is 0.307 e. The van der Waals surface area contributed by atoms with Crippen molar-refractivity contribution in [2.24, 2.45) is 7.05 Å². The van der Waals surface area contributed by atoms with Gasteiger partial charge in [0.05, 0.1) is 12.6 Å². The Bertz CT molecular complexity index is 595. The van der Waals surface area contributed by atoms with Crippen LogP contribution in [-0.2, 0) is 24.9 Å². The molecule has 0 aliphatic carbocycles. The number of benzene rings is 1. The molecule has 1 N–H and O–H groups in total. The quantitative estimate of drug-likeness (QED) is 0.912. The molecule has 0 unspecified atom stereocenters. The van der Waals surface area contributed by atoms with Crippen molar-refractivity contribution in [1.82, 2.24) is 9.55 Å². The number of carboxylic acid groups (broad SMARTS) is 1. The van der Waals surface area contributed by atoms with E-state index >= 15 is 0 Å². The molecule has 0 saturated carbocycles. The van der Waals surface area contributed by atoms with Crippen molar-refractivity contribution in [1.29, 1.82) is 0 Å². The minimum Gasteiger partial charge on any atom is -0.486 e. The summed E-state index contributed by atoms with van der Waals surface area (Å²) in [7, 11) is 1.80. The van der Waals surface area contributed by atoms with E-state index < -0.39 is 5.97 Å². The van der Waals surface area contributed by atoms with Crippen LogP contribution >= 0.6 is 11.6 Å². The van der Waals surface area contributed by atoms with Gasteiger partial charge in [0.25, 0.3) is 0 Å². The molecular formula is C13H13ClN2O3. The molecule has 100 valence electrons. The van der Waals surface area contributed by atoms with Gasteiger partial charge in [-0.05, 0) is 17.7 Å². The molecule has 1 aromatic carbocycles. The van der Waals surface area contributed by atoms with Crippen LogP contribution in [0.25, 0.3) is 0 Å². The van der Waals surface area contributed by atoms with Crippen LogP contribution in [-0.4, -0.2) is 20.6 Å². The number of hydrogen-bond acceptors (Lipinski definition) is 3. The molecule has 0 spiro atoms. The summed E-state index contributed by atoms with van der Waals surface area (Å²) in [4.78, 5) is 14.8. The second kappa shape index (κ2) is 5.75. The van der Waals surface area contributed by atoms with E-state index in [0.29, 0.717) is 22.3 Å². The largest absolute Gasteiger partial charge is 0.486 e. The van der Waals surface area contributed by atoms with E-state index in [-0.39, 0.29) is 13.0 Å². The molecule has 0 fully saturated rings. The smallest absolute Gasteiger partial charge is 0.307 e. The second-order valence-corrected chi connectivity index (χ2v) is 4.45. The van der Waals surface area contributed by atoms with Gasteiger partial charge in [0.1, 0.15) is 23.3 Å². The van der Waals surface area contributed by atoms with E-state index in [2.05, 4.69) is 4.98 Å². The Balaban J connectivity index is 2.03. The van der Waals surface area contributed by atoms with Crippen LogP contribution in [0.15, 0.2) is 30.5 Å². The number of rotatable bonds is 5. The summed E-state index contributed by atoms with van der Waals surface area (Å²) >= 11 is 5.87. The summed E-state index contributed by atoms with van der Waals surface area (Å²) in [6.45, 7) is 0.278. The van der Waals surface area contributed by atoms with Gasteiger partial charge in [0.15, 0.2) is 0 Å². The van der Waals surface area contributed by atoms with E-state index in [1.165, 1.54) is 0 Å². The number of imidazole rings is 1. The third kappa shape index (κ3) is 3.48. The summed E-state index contributed by atoms with van der Waals surface area (Å²) < 4.78 is 7.30. The summed E-state index contributed by atoms with van der Waals surface area (Å²) in [5.74, 6) is 0.444. The molecule has 1 heterocycles. The third-order valence-corrected chi connectivity index (χ3v) is 3.00. The molecule has 19 heavy (non-hydrogen) atoms. The van der Waals surface area contributed by atoms with Crippen molar-refractivity contribution in [3.63, 3.8) is 0 Å². The standard InChI is InChI=1S/C13H13ClN2O3/c1-16-11(14)7-15-12(16)8-19-10-4-2-3-9(5-10)6-13(17)18/h2-5,7H,6,8H2,1H3,(H,17,18). The number of halogens is 1. The van der Waals surface area contributed by atoms with Crippen molar-refractivity contribution >= 4 is 17.6 Å². The molecule has 0 bridgehead atoms. The van der Waals surface area contributed by atoms with E-state index in [9.17, 15) is 4.79 Å². The number of carboxylic acids is 1. The van der Waals surface area contributed by atoms with Gasteiger partial charge >= 0.3 is 5.97 Å². The zero-order valence-corrected chi connectivity index (χ0v) is 11.1. The van der Waals surface area contributed by atoms with Crippen LogP contribution in [0.2, 0.25) is 5.15 Å². The minimum absolute atomic E-state index is 0.0224. The van der Waals surface area contributed by atoms with Gasteiger partial charge in [-0.15, -0.1) is 0 Å². The summed E-state index contributed by atoms with van der Waals surface area (Å²) in [6, 6.07) is 6.99. The molecule has 0 atom stereocenters. The predicted molar refractivity (Wildman–Crippen MR) is 70.3 cm³/mol. The van der Waals surface area contributed by atoms with Gasteiger partial charge in [0.2, 0.25) is 0 Å². The van der Waals surface area contributed by atoms with Crippen molar-refractivity contribution in [2.75, 3.05) is 0 Å². The Hall–Kier alpha value is -2.01.